The zero-order valence-corrected chi connectivity index (χ0v) is 14.9. The fourth-order valence-electron chi connectivity index (χ4n) is 2.89. The molecule has 1 aliphatic rings. The first-order valence-corrected chi connectivity index (χ1v) is 8.75. The number of thioether (sulfide) groups is 1. The minimum absolute atomic E-state index is 0.00933. The van der Waals surface area contributed by atoms with Gasteiger partial charge >= 0.3 is 0 Å². The lowest BCUT2D eigenvalue weighted by molar-refractivity contribution is -0.113. The topological polar surface area (TPSA) is 72.7 Å². The van der Waals surface area contributed by atoms with Gasteiger partial charge in [0, 0.05) is 22.2 Å². The van der Waals surface area contributed by atoms with Crippen molar-refractivity contribution in [3.05, 3.63) is 28.7 Å². The summed E-state index contributed by atoms with van der Waals surface area (Å²) < 4.78 is 1.67. The van der Waals surface area contributed by atoms with Gasteiger partial charge in [0.15, 0.2) is 0 Å². The van der Waals surface area contributed by atoms with Crippen LogP contribution in [-0.2, 0) is 4.79 Å². The van der Waals surface area contributed by atoms with Crippen molar-refractivity contribution in [3.63, 3.8) is 0 Å². The summed E-state index contributed by atoms with van der Waals surface area (Å²) >= 11 is 1.67. The molecule has 23 heavy (non-hydrogen) atoms. The molecule has 2 aromatic heterocycles. The van der Waals surface area contributed by atoms with Crippen molar-refractivity contribution >= 4 is 23.5 Å². The van der Waals surface area contributed by atoms with Gasteiger partial charge in [0.05, 0.1) is 11.4 Å². The molecule has 6 nitrogen and oxygen atoms in total. The van der Waals surface area contributed by atoms with Crippen LogP contribution in [0.25, 0.3) is 5.95 Å². The molecule has 2 aromatic rings. The van der Waals surface area contributed by atoms with Gasteiger partial charge in [-0.1, -0.05) is 13.8 Å². The van der Waals surface area contributed by atoms with E-state index in [1.165, 1.54) is 0 Å². The van der Waals surface area contributed by atoms with E-state index >= 15 is 0 Å². The van der Waals surface area contributed by atoms with E-state index in [1.807, 2.05) is 26.8 Å². The Morgan fingerprint density at radius 1 is 1.26 bits per heavy atom. The first-order chi connectivity index (χ1) is 10.9. The standard InChI is InChI=1S/C16H21N5OS/c1-8(2)14-13-11(5)20-21(15(13)19-12(22)7-23-14)16-17-9(3)6-10(4)18-16/h6,8,14H,7H2,1-5H3,(H,19,22)/t14-/m1/s1. The maximum Gasteiger partial charge on any atom is 0.252 e. The second-order valence-electron chi connectivity index (χ2n) is 6.23. The van der Waals surface area contributed by atoms with Gasteiger partial charge in [-0.3, -0.25) is 4.79 Å². The van der Waals surface area contributed by atoms with Crippen molar-refractivity contribution in [2.24, 2.45) is 5.92 Å². The molecule has 0 aromatic carbocycles. The average Bonchev–Trinajstić information content (AvgIpc) is 2.65. The third kappa shape index (κ3) is 2.97. The number of hydrogen-bond donors (Lipinski definition) is 1. The number of fused-ring (bicyclic) bond motifs is 1. The van der Waals surface area contributed by atoms with Crippen LogP contribution in [0.15, 0.2) is 6.07 Å². The lowest BCUT2D eigenvalue weighted by Crippen LogP contribution is -2.17. The molecular weight excluding hydrogens is 310 g/mol. The number of nitrogens with zero attached hydrogens (tertiary/aromatic N) is 4. The van der Waals surface area contributed by atoms with Crippen LogP contribution in [0.4, 0.5) is 5.82 Å². The van der Waals surface area contributed by atoms with Crippen LogP contribution in [0.3, 0.4) is 0 Å². The summed E-state index contributed by atoms with van der Waals surface area (Å²) in [6.45, 7) is 10.2. The molecule has 0 radical (unpaired) electrons. The maximum atomic E-state index is 12.1. The highest BCUT2D eigenvalue weighted by atomic mass is 32.2. The summed E-state index contributed by atoms with van der Waals surface area (Å²) in [7, 11) is 0. The summed E-state index contributed by atoms with van der Waals surface area (Å²) in [5, 5.41) is 7.84. The Kier molecular flexibility index (Phi) is 4.14. The quantitative estimate of drug-likeness (QED) is 0.916. The van der Waals surface area contributed by atoms with Gasteiger partial charge in [0.1, 0.15) is 5.82 Å². The fraction of sp³-hybridized carbons (Fsp3) is 0.500. The van der Waals surface area contributed by atoms with E-state index in [0.29, 0.717) is 23.4 Å². The second kappa shape index (κ2) is 5.96. The molecule has 0 bridgehead atoms. The van der Waals surface area contributed by atoms with Gasteiger partial charge in [0.25, 0.3) is 5.95 Å². The molecule has 0 saturated heterocycles. The Labute approximate surface area is 140 Å². The molecule has 1 aliphatic heterocycles. The molecule has 7 heteroatoms. The Hall–Kier alpha value is -1.89. The smallest absolute Gasteiger partial charge is 0.252 e. The monoisotopic (exact) mass is 331 g/mol. The average molecular weight is 331 g/mol. The molecule has 1 amide bonds. The lowest BCUT2D eigenvalue weighted by Gasteiger charge is -2.18. The van der Waals surface area contributed by atoms with Crippen LogP contribution >= 0.6 is 11.8 Å². The van der Waals surface area contributed by atoms with E-state index < -0.39 is 0 Å². The Morgan fingerprint density at radius 3 is 2.52 bits per heavy atom. The minimum atomic E-state index is -0.00933. The van der Waals surface area contributed by atoms with Crippen LogP contribution in [-0.4, -0.2) is 31.4 Å². The molecule has 0 aliphatic carbocycles. The molecule has 0 saturated carbocycles. The number of anilines is 1. The van der Waals surface area contributed by atoms with E-state index in [0.717, 1.165) is 22.6 Å². The zero-order valence-electron chi connectivity index (χ0n) is 14.0. The SMILES string of the molecule is Cc1cc(C)nc(-n2nc(C)c3c2NC(=O)CS[C@@H]3C(C)C)n1. The Bertz CT molecular complexity index is 748. The molecule has 0 spiro atoms. The van der Waals surface area contributed by atoms with Gasteiger partial charge in [-0.25, -0.2) is 9.97 Å². The number of aromatic nitrogens is 4. The van der Waals surface area contributed by atoms with Crippen LogP contribution < -0.4 is 5.32 Å². The highest BCUT2D eigenvalue weighted by molar-refractivity contribution is 8.00. The van der Waals surface area contributed by atoms with E-state index in [4.69, 9.17) is 0 Å². The van der Waals surface area contributed by atoms with Crippen molar-refractivity contribution in [1.29, 1.82) is 0 Å². The van der Waals surface area contributed by atoms with Gasteiger partial charge in [-0.05, 0) is 32.8 Å². The second-order valence-corrected chi connectivity index (χ2v) is 7.36. The number of carbonyl (C=O) groups excluding carboxylic acids is 1. The number of carbonyl (C=O) groups is 1. The van der Waals surface area contributed by atoms with Crippen LogP contribution in [0, 0.1) is 26.7 Å². The normalized spacial score (nSPS) is 17.8. The van der Waals surface area contributed by atoms with Gasteiger partial charge < -0.3 is 5.32 Å². The highest BCUT2D eigenvalue weighted by Crippen LogP contribution is 2.43. The highest BCUT2D eigenvalue weighted by Gasteiger charge is 2.31. The van der Waals surface area contributed by atoms with Crippen molar-refractivity contribution in [2.45, 2.75) is 39.9 Å². The first-order valence-electron chi connectivity index (χ1n) is 7.70. The Morgan fingerprint density at radius 2 is 1.91 bits per heavy atom. The molecule has 3 rings (SSSR count). The third-order valence-corrected chi connectivity index (χ3v) is 5.38. The summed E-state index contributed by atoms with van der Waals surface area (Å²) in [5.74, 6) is 2.06. The van der Waals surface area contributed by atoms with Crippen LogP contribution in [0.2, 0.25) is 0 Å². The molecule has 0 fully saturated rings. The van der Waals surface area contributed by atoms with Gasteiger partial charge in [-0.15, -0.1) is 11.8 Å². The van der Waals surface area contributed by atoms with Crippen LogP contribution in [0.1, 0.15) is 41.7 Å². The van der Waals surface area contributed by atoms with Crippen molar-refractivity contribution in [1.82, 2.24) is 19.7 Å². The molecule has 1 N–H and O–H groups in total. The molecular formula is C16H21N5OS. The number of nitrogens with one attached hydrogen (secondary N) is 1. The first kappa shape index (κ1) is 16.0. The summed E-state index contributed by atoms with van der Waals surface area (Å²) in [5.41, 5.74) is 3.75. The van der Waals surface area contributed by atoms with Gasteiger partial charge in [-0.2, -0.15) is 9.78 Å². The van der Waals surface area contributed by atoms with E-state index in [9.17, 15) is 4.79 Å². The number of aryl methyl sites for hydroxylation is 3. The molecule has 122 valence electrons. The summed E-state index contributed by atoms with van der Waals surface area (Å²) in [4.78, 5) is 21.1. The third-order valence-electron chi connectivity index (χ3n) is 3.81. The number of rotatable bonds is 2. The summed E-state index contributed by atoms with van der Waals surface area (Å²) in [6.07, 6.45) is 0. The predicted molar refractivity (Wildman–Crippen MR) is 92.0 cm³/mol. The van der Waals surface area contributed by atoms with Gasteiger partial charge in [0.2, 0.25) is 5.91 Å². The van der Waals surface area contributed by atoms with Crippen molar-refractivity contribution in [2.75, 3.05) is 11.1 Å². The molecule has 1 atom stereocenters. The number of amides is 1. The maximum absolute atomic E-state index is 12.1. The van der Waals surface area contributed by atoms with Crippen LogP contribution in [0.5, 0.6) is 0 Å². The molecule has 0 unspecified atom stereocenters. The largest absolute Gasteiger partial charge is 0.309 e. The fourth-order valence-corrected chi connectivity index (χ4v) is 4.13. The zero-order chi connectivity index (χ0) is 16.7. The number of hydrogen-bond acceptors (Lipinski definition) is 5. The predicted octanol–water partition coefficient (Wildman–Crippen LogP) is 2.97. The summed E-state index contributed by atoms with van der Waals surface area (Å²) in [6, 6.07) is 1.92. The minimum Gasteiger partial charge on any atom is -0.309 e. The van der Waals surface area contributed by atoms with Crippen molar-refractivity contribution < 1.29 is 4.79 Å². The molecule has 3 heterocycles. The van der Waals surface area contributed by atoms with Crippen molar-refractivity contribution in [3.8, 4) is 5.95 Å². The van der Waals surface area contributed by atoms with E-state index in [2.05, 4.69) is 34.2 Å². The lowest BCUT2D eigenvalue weighted by atomic mass is 10.0. The van der Waals surface area contributed by atoms with E-state index in [1.54, 1.807) is 16.4 Å². The van der Waals surface area contributed by atoms with E-state index in [-0.39, 0.29) is 11.2 Å². The Balaban J connectivity index is 2.21.